The van der Waals surface area contributed by atoms with Crippen LogP contribution in [-0.4, -0.2) is 25.0 Å². The lowest BCUT2D eigenvalue weighted by Gasteiger charge is -2.18. The zero-order valence-electron chi connectivity index (χ0n) is 17.9. The molecule has 0 saturated carbocycles. The summed E-state index contributed by atoms with van der Waals surface area (Å²) in [6, 6.07) is 14.5. The Labute approximate surface area is 186 Å². The van der Waals surface area contributed by atoms with E-state index in [4.69, 9.17) is 9.47 Å². The van der Waals surface area contributed by atoms with Crippen molar-refractivity contribution in [3.8, 4) is 11.5 Å². The topological polar surface area (TPSA) is 76.7 Å². The van der Waals surface area contributed by atoms with Gasteiger partial charge in [-0.05, 0) is 44.4 Å². The first kappa shape index (κ1) is 22.4. The Balaban J connectivity index is 1.86. The Hall–Kier alpha value is -3.32. The maximum absolute atomic E-state index is 12.7. The van der Waals surface area contributed by atoms with Gasteiger partial charge in [-0.3, -0.25) is 9.59 Å². The second-order valence-corrected chi connectivity index (χ2v) is 7.87. The van der Waals surface area contributed by atoms with E-state index < -0.39 is 0 Å². The van der Waals surface area contributed by atoms with Gasteiger partial charge in [-0.2, -0.15) is 0 Å². The van der Waals surface area contributed by atoms with Crippen LogP contribution in [0.3, 0.4) is 0 Å². The van der Waals surface area contributed by atoms with E-state index in [1.165, 1.54) is 11.3 Å². The van der Waals surface area contributed by atoms with Gasteiger partial charge >= 0.3 is 0 Å². The molecule has 3 aromatic rings. The second kappa shape index (κ2) is 10.6. The number of hydrogen-bond acceptors (Lipinski definition) is 5. The van der Waals surface area contributed by atoms with Gasteiger partial charge in [-0.1, -0.05) is 23.8 Å². The van der Waals surface area contributed by atoms with Gasteiger partial charge < -0.3 is 20.1 Å². The molecule has 1 heterocycles. The molecule has 0 spiro atoms. The zero-order valence-corrected chi connectivity index (χ0v) is 18.7. The highest BCUT2D eigenvalue weighted by Crippen LogP contribution is 2.37. The summed E-state index contributed by atoms with van der Waals surface area (Å²) in [7, 11) is 0. The van der Waals surface area contributed by atoms with Crippen LogP contribution >= 0.6 is 11.3 Å². The van der Waals surface area contributed by atoms with E-state index in [1.807, 2.05) is 50.4 Å². The van der Waals surface area contributed by atoms with E-state index in [2.05, 4.69) is 10.6 Å². The molecule has 7 heteroatoms. The molecular weight excluding hydrogens is 412 g/mol. The molecule has 2 N–H and O–H groups in total. The molecule has 6 nitrogen and oxygen atoms in total. The summed E-state index contributed by atoms with van der Waals surface area (Å²) in [4.78, 5) is 26.2. The van der Waals surface area contributed by atoms with Gasteiger partial charge in [0.1, 0.15) is 11.5 Å². The predicted molar refractivity (Wildman–Crippen MR) is 125 cm³/mol. The Morgan fingerprint density at radius 2 is 1.52 bits per heavy atom. The maximum atomic E-state index is 12.7. The largest absolute Gasteiger partial charge is 0.492 e. The molecule has 1 aromatic heterocycles. The van der Waals surface area contributed by atoms with Crippen molar-refractivity contribution in [1.82, 2.24) is 0 Å². The summed E-state index contributed by atoms with van der Waals surface area (Å²) < 4.78 is 11.5. The average molecular weight is 439 g/mol. The van der Waals surface area contributed by atoms with Gasteiger partial charge in [0.25, 0.3) is 5.91 Å². The van der Waals surface area contributed by atoms with Crippen LogP contribution < -0.4 is 20.1 Å². The molecule has 3 rings (SSSR count). The quantitative estimate of drug-likeness (QED) is 0.476. The smallest absolute Gasteiger partial charge is 0.255 e. The number of anilines is 2. The molecule has 0 atom stereocenters. The number of benzene rings is 2. The van der Waals surface area contributed by atoms with E-state index in [1.54, 1.807) is 24.3 Å². The molecule has 31 heavy (non-hydrogen) atoms. The van der Waals surface area contributed by atoms with E-state index >= 15 is 0 Å². The van der Waals surface area contributed by atoms with E-state index in [9.17, 15) is 9.59 Å². The summed E-state index contributed by atoms with van der Waals surface area (Å²) in [6.07, 6.45) is 0.277. The summed E-state index contributed by atoms with van der Waals surface area (Å²) in [5.74, 6) is 0.516. The van der Waals surface area contributed by atoms with Crippen molar-refractivity contribution in [3.05, 3.63) is 69.9 Å². The summed E-state index contributed by atoms with van der Waals surface area (Å²) >= 11 is 1.53. The fourth-order valence-electron chi connectivity index (χ4n) is 2.97. The number of rotatable bonds is 9. The molecule has 0 bridgehead atoms. The van der Waals surface area contributed by atoms with E-state index in [0.29, 0.717) is 41.7 Å². The molecule has 0 radical (unpaired) electrons. The lowest BCUT2D eigenvalue weighted by molar-refractivity contribution is -0.115. The third kappa shape index (κ3) is 6.08. The normalized spacial score (nSPS) is 10.4. The highest BCUT2D eigenvalue weighted by molar-refractivity contribution is 7.10. The first-order chi connectivity index (χ1) is 15.0. The molecule has 0 aliphatic heterocycles. The van der Waals surface area contributed by atoms with Crippen LogP contribution in [0, 0.1) is 6.92 Å². The molecule has 0 saturated heterocycles. The number of thiophene rings is 1. The summed E-state index contributed by atoms with van der Waals surface area (Å²) in [6.45, 7) is 6.50. The van der Waals surface area contributed by atoms with Crippen LogP contribution in [0.15, 0.2) is 53.9 Å². The highest BCUT2D eigenvalue weighted by Gasteiger charge is 2.17. The SMILES string of the molecule is CCOc1cc(NC(=O)c2ccc(C)cc2)c(OCC)cc1NC(=O)Cc1cccs1. The van der Waals surface area contributed by atoms with Crippen LogP contribution in [0.5, 0.6) is 11.5 Å². The highest BCUT2D eigenvalue weighted by atomic mass is 32.1. The van der Waals surface area contributed by atoms with Crippen molar-refractivity contribution in [2.45, 2.75) is 27.2 Å². The first-order valence-corrected chi connectivity index (χ1v) is 11.0. The number of aryl methyl sites for hydroxylation is 1. The summed E-state index contributed by atoms with van der Waals surface area (Å²) in [5.41, 5.74) is 2.60. The Morgan fingerprint density at radius 1 is 0.903 bits per heavy atom. The molecular formula is C24H26N2O4S. The van der Waals surface area contributed by atoms with Crippen LogP contribution in [-0.2, 0) is 11.2 Å². The number of amides is 2. The Kier molecular flexibility index (Phi) is 7.67. The predicted octanol–water partition coefficient (Wildman–Crippen LogP) is 5.29. The van der Waals surface area contributed by atoms with Crippen LogP contribution in [0.2, 0.25) is 0 Å². The van der Waals surface area contributed by atoms with E-state index in [-0.39, 0.29) is 18.2 Å². The Morgan fingerprint density at radius 3 is 2.06 bits per heavy atom. The molecule has 0 aliphatic rings. The third-order valence-corrected chi connectivity index (χ3v) is 5.31. The van der Waals surface area contributed by atoms with Crippen LogP contribution in [0.4, 0.5) is 11.4 Å². The first-order valence-electron chi connectivity index (χ1n) is 10.1. The van der Waals surface area contributed by atoms with Gasteiger partial charge in [0.15, 0.2) is 0 Å². The van der Waals surface area contributed by atoms with Crippen molar-refractivity contribution < 1.29 is 19.1 Å². The minimum Gasteiger partial charge on any atom is -0.492 e. The number of nitrogens with one attached hydrogen (secondary N) is 2. The Bertz CT molecular complexity index is 1030. The molecule has 2 aromatic carbocycles. The standard InChI is InChI=1S/C24H26N2O4S/c1-4-29-21-15-20(26-24(28)17-10-8-16(3)9-11-17)22(30-5-2)14-19(21)25-23(27)13-18-7-6-12-31-18/h6-12,14-15H,4-5,13H2,1-3H3,(H,25,27)(H,26,28). The van der Waals surface area contributed by atoms with Gasteiger partial charge in [0.2, 0.25) is 5.91 Å². The van der Waals surface area contributed by atoms with Crippen molar-refractivity contribution in [3.63, 3.8) is 0 Å². The van der Waals surface area contributed by atoms with Crippen molar-refractivity contribution in [1.29, 1.82) is 0 Å². The fourth-order valence-corrected chi connectivity index (χ4v) is 3.67. The fraction of sp³-hybridized carbons (Fsp3) is 0.250. The van der Waals surface area contributed by atoms with Crippen molar-refractivity contribution in [2.24, 2.45) is 0 Å². The summed E-state index contributed by atoms with van der Waals surface area (Å²) in [5, 5.41) is 7.73. The molecule has 2 amide bonds. The number of hydrogen-bond donors (Lipinski definition) is 2. The lowest BCUT2D eigenvalue weighted by Crippen LogP contribution is -2.16. The molecule has 0 unspecified atom stereocenters. The van der Waals surface area contributed by atoms with Gasteiger partial charge in [-0.15, -0.1) is 11.3 Å². The van der Waals surface area contributed by atoms with Gasteiger partial charge in [-0.25, -0.2) is 0 Å². The molecule has 162 valence electrons. The van der Waals surface area contributed by atoms with Crippen LogP contribution in [0.25, 0.3) is 0 Å². The lowest BCUT2D eigenvalue weighted by atomic mass is 10.1. The van der Waals surface area contributed by atoms with Crippen molar-refractivity contribution in [2.75, 3.05) is 23.8 Å². The maximum Gasteiger partial charge on any atom is 0.255 e. The number of carbonyl (C=O) groups excluding carboxylic acids is 2. The number of carbonyl (C=O) groups is 2. The third-order valence-electron chi connectivity index (χ3n) is 4.43. The zero-order chi connectivity index (χ0) is 22.2. The number of ether oxygens (including phenoxy) is 2. The molecule has 0 aliphatic carbocycles. The minimum atomic E-state index is -0.252. The van der Waals surface area contributed by atoms with Crippen molar-refractivity contribution >= 4 is 34.5 Å². The average Bonchev–Trinajstić information content (AvgIpc) is 3.24. The van der Waals surface area contributed by atoms with E-state index in [0.717, 1.165) is 10.4 Å². The van der Waals surface area contributed by atoms with Gasteiger partial charge in [0, 0.05) is 22.6 Å². The monoisotopic (exact) mass is 438 g/mol. The molecule has 0 fully saturated rings. The minimum absolute atomic E-state index is 0.151. The van der Waals surface area contributed by atoms with Gasteiger partial charge in [0.05, 0.1) is 31.0 Å². The van der Waals surface area contributed by atoms with Crippen LogP contribution in [0.1, 0.15) is 34.6 Å². The second-order valence-electron chi connectivity index (χ2n) is 6.84.